The largest absolute Gasteiger partial charge is 0.309 e. The van der Waals surface area contributed by atoms with E-state index in [0.29, 0.717) is 12.0 Å². The summed E-state index contributed by atoms with van der Waals surface area (Å²) < 4.78 is 12.9. The van der Waals surface area contributed by atoms with Crippen molar-refractivity contribution >= 4 is 10.8 Å². The minimum atomic E-state index is -0.707. The number of hydrogen-bond donors (Lipinski definition) is 1. The van der Waals surface area contributed by atoms with Crippen LogP contribution in [-0.2, 0) is 17.2 Å². The number of rotatable bonds is 6. The summed E-state index contributed by atoms with van der Waals surface area (Å²) in [5.74, 6) is 1.63. The van der Waals surface area contributed by atoms with Crippen molar-refractivity contribution in [1.82, 2.24) is 5.32 Å². The van der Waals surface area contributed by atoms with Gasteiger partial charge in [-0.1, -0.05) is 44.0 Å². The minimum absolute atomic E-state index is 0.273. The van der Waals surface area contributed by atoms with Crippen molar-refractivity contribution in [3.63, 3.8) is 0 Å². The van der Waals surface area contributed by atoms with Crippen LogP contribution in [0.3, 0.4) is 0 Å². The second-order valence-corrected chi connectivity index (χ2v) is 8.27. The molecule has 0 aliphatic heterocycles. The van der Waals surface area contributed by atoms with Gasteiger partial charge >= 0.3 is 0 Å². The van der Waals surface area contributed by atoms with Crippen LogP contribution in [0.1, 0.15) is 56.2 Å². The van der Waals surface area contributed by atoms with Crippen LogP contribution in [0.25, 0.3) is 0 Å². The fraction of sp³-hybridized carbons (Fsp3) is 0.667. The lowest BCUT2D eigenvalue weighted by Gasteiger charge is -2.22. The van der Waals surface area contributed by atoms with E-state index in [9.17, 15) is 4.21 Å². The SMILES string of the molecule is CCCNC1c2ccccc2CC1S(=O)CC1CCCC1. The molecule has 3 unspecified atom stereocenters. The van der Waals surface area contributed by atoms with E-state index in [2.05, 4.69) is 36.5 Å². The highest BCUT2D eigenvalue weighted by atomic mass is 32.2. The smallest absolute Gasteiger partial charge is 0.0583 e. The molecule has 2 aliphatic carbocycles. The topological polar surface area (TPSA) is 29.1 Å². The first kappa shape index (κ1) is 15.2. The molecular formula is C18H27NOS. The third-order valence-electron chi connectivity index (χ3n) is 5.01. The molecule has 3 heteroatoms. The van der Waals surface area contributed by atoms with Gasteiger partial charge in [0.25, 0.3) is 0 Å². The number of nitrogens with one attached hydrogen (secondary N) is 1. The van der Waals surface area contributed by atoms with E-state index < -0.39 is 10.8 Å². The van der Waals surface area contributed by atoms with Gasteiger partial charge in [0, 0.05) is 22.6 Å². The molecule has 3 rings (SSSR count). The van der Waals surface area contributed by atoms with Crippen molar-refractivity contribution in [2.75, 3.05) is 12.3 Å². The molecule has 1 fully saturated rings. The highest BCUT2D eigenvalue weighted by Crippen LogP contribution is 2.36. The van der Waals surface area contributed by atoms with Gasteiger partial charge < -0.3 is 5.32 Å². The highest BCUT2D eigenvalue weighted by molar-refractivity contribution is 7.85. The molecule has 2 nitrogen and oxygen atoms in total. The predicted octanol–water partition coefficient (Wildman–Crippen LogP) is 3.59. The van der Waals surface area contributed by atoms with Gasteiger partial charge in [0.1, 0.15) is 0 Å². The fourth-order valence-corrected chi connectivity index (χ4v) is 5.83. The van der Waals surface area contributed by atoms with Crippen molar-refractivity contribution in [2.45, 2.75) is 56.7 Å². The quantitative estimate of drug-likeness (QED) is 0.870. The zero-order valence-electron chi connectivity index (χ0n) is 13.0. The molecule has 0 amide bonds. The lowest BCUT2D eigenvalue weighted by atomic mass is 10.1. The number of fused-ring (bicyclic) bond motifs is 1. The van der Waals surface area contributed by atoms with E-state index in [4.69, 9.17) is 0 Å². The molecule has 0 bridgehead atoms. The molecule has 1 aromatic carbocycles. The summed E-state index contributed by atoms with van der Waals surface area (Å²) in [5.41, 5.74) is 2.78. The van der Waals surface area contributed by atoms with E-state index in [1.54, 1.807) is 0 Å². The lowest BCUT2D eigenvalue weighted by molar-refractivity contribution is 0.522. The molecule has 1 N–H and O–H groups in total. The van der Waals surface area contributed by atoms with Gasteiger partial charge in [-0.05, 0) is 49.3 Å². The van der Waals surface area contributed by atoms with Crippen LogP contribution in [0.15, 0.2) is 24.3 Å². The van der Waals surface area contributed by atoms with Crippen LogP contribution in [-0.4, -0.2) is 21.8 Å². The van der Waals surface area contributed by atoms with Crippen molar-refractivity contribution in [3.8, 4) is 0 Å². The standard InChI is InChI=1S/C18H27NOS/c1-2-11-19-18-16-10-6-5-9-15(16)12-17(18)21(20)13-14-7-3-4-8-14/h5-6,9-10,14,17-19H,2-4,7-8,11-13H2,1H3. The Bertz CT molecular complexity index is 496. The summed E-state index contributed by atoms with van der Waals surface area (Å²) in [6, 6.07) is 8.95. The van der Waals surface area contributed by atoms with Crippen LogP contribution in [0, 0.1) is 5.92 Å². The summed E-state index contributed by atoms with van der Waals surface area (Å²) in [6.45, 7) is 3.20. The summed E-state index contributed by atoms with van der Waals surface area (Å²) in [6.07, 6.45) is 7.36. The van der Waals surface area contributed by atoms with Gasteiger partial charge in [-0.3, -0.25) is 4.21 Å². The maximum Gasteiger partial charge on any atom is 0.0583 e. The monoisotopic (exact) mass is 305 g/mol. The van der Waals surface area contributed by atoms with E-state index in [-0.39, 0.29) is 5.25 Å². The van der Waals surface area contributed by atoms with E-state index in [1.807, 2.05) is 0 Å². The molecule has 1 saturated carbocycles. The average molecular weight is 305 g/mol. The maximum absolute atomic E-state index is 12.9. The molecule has 0 saturated heterocycles. The Morgan fingerprint density at radius 1 is 1.24 bits per heavy atom. The predicted molar refractivity (Wildman–Crippen MR) is 89.9 cm³/mol. The molecule has 0 aromatic heterocycles. The molecule has 21 heavy (non-hydrogen) atoms. The Kier molecular flexibility index (Phi) is 5.12. The Balaban J connectivity index is 1.72. The Morgan fingerprint density at radius 2 is 2.00 bits per heavy atom. The molecule has 116 valence electrons. The van der Waals surface area contributed by atoms with Gasteiger partial charge in [-0.25, -0.2) is 0 Å². The molecule has 0 spiro atoms. The Morgan fingerprint density at radius 3 is 2.76 bits per heavy atom. The van der Waals surface area contributed by atoms with E-state index in [0.717, 1.165) is 25.1 Å². The second-order valence-electron chi connectivity index (χ2n) is 6.57. The summed E-state index contributed by atoms with van der Waals surface area (Å²) in [4.78, 5) is 0. The first-order valence-electron chi connectivity index (χ1n) is 8.48. The zero-order chi connectivity index (χ0) is 14.7. The van der Waals surface area contributed by atoms with Crippen molar-refractivity contribution < 1.29 is 4.21 Å². The van der Waals surface area contributed by atoms with Crippen molar-refractivity contribution in [1.29, 1.82) is 0 Å². The van der Waals surface area contributed by atoms with Crippen LogP contribution in [0.4, 0.5) is 0 Å². The molecule has 0 heterocycles. The van der Waals surface area contributed by atoms with Crippen molar-refractivity contribution in [3.05, 3.63) is 35.4 Å². The lowest BCUT2D eigenvalue weighted by Crippen LogP contribution is -2.34. The normalized spacial score (nSPS) is 26.9. The van der Waals surface area contributed by atoms with E-state index >= 15 is 0 Å². The maximum atomic E-state index is 12.9. The first-order chi connectivity index (χ1) is 10.3. The van der Waals surface area contributed by atoms with Crippen LogP contribution < -0.4 is 5.32 Å². The number of benzene rings is 1. The minimum Gasteiger partial charge on any atom is -0.309 e. The zero-order valence-corrected chi connectivity index (χ0v) is 13.8. The third-order valence-corrected chi connectivity index (χ3v) is 6.92. The molecular weight excluding hydrogens is 278 g/mol. The number of hydrogen-bond acceptors (Lipinski definition) is 2. The van der Waals surface area contributed by atoms with Gasteiger partial charge in [0.2, 0.25) is 0 Å². The van der Waals surface area contributed by atoms with Gasteiger partial charge in [0.15, 0.2) is 0 Å². The summed E-state index contributed by atoms with van der Waals surface area (Å²) >= 11 is 0. The van der Waals surface area contributed by atoms with Crippen LogP contribution >= 0.6 is 0 Å². The van der Waals surface area contributed by atoms with E-state index in [1.165, 1.54) is 36.8 Å². The fourth-order valence-electron chi connectivity index (χ4n) is 3.88. The van der Waals surface area contributed by atoms with Crippen molar-refractivity contribution in [2.24, 2.45) is 5.92 Å². The van der Waals surface area contributed by atoms with Crippen LogP contribution in [0.2, 0.25) is 0 Å². The molecule has 2 aliphatic rings. The molecule has 0 radical (unpaired) electrons. The van der Waals surface area contributed by atoms with Gasteiger partial charge in [0.05, 0.1) is 5.25 Å². The average Bonchev–Trinajstić information content (AvgIpc) is 3.12. The van der Waals surface area contributed by atoms with Crippen LogP contribution in [0.5, 0.6) is 0 Å². The van der Waals surface area contributed by atoms with Gasteiger partial charge in [-0.15, -0.1) is 0 Å². The summed E-state index contributed by atoms with van der Waals surface area (Å²) in [5, 5.41) is 3.92. The third kappa shape index (κ3) is 3.40. The molecule has 1 aromatic rings. The second kappa shape index (κ2) is 7.06. The first-order valence-corrected chi connectivity index (χ1v) is 9.86. The molecule has 3 atom stereocenters. The highest BCUT2D eigenvalue weighted by Gasteiger charge is 2.36. The Hall–Kier alpha value is -0.670. The van der Waals surface area contributed by atoms with Gasteiger partial charge in [-0.2, -0.15) is 0 Å². The summed E-state index contributed by atoms with van der Waals surface area (Å²) in [7, 11) is -0.707. The Labute approximate surface area is 131 Å².